The fourth-order valence-corrected chi connectivity index (χ4v) is 2.82. The molecule has 37 heavy (non-hydrogen) atoms. The van der Waals surface area contributed by atoms with E-state index in [2.05, 4.69) is 5.32 Å². The Balaban J connectivity index is 2.18. The second kappa shape index (κ2) is 18.0. The highest BCUT2D eigenvalue weighted by atomic mass is 16.6. The van der Waals surface area contributed by atoms with Gasteiger partial charge in [0, 0.05) is 19.6 Å². The van der Waals surface area contributed by atoms with Crippen LogP contribution in [0.3, 0.4) is 0 Å². The maximum Gasteiger partial charge on any atom is 0.410 e. The van der Waals surface area contributed by atoms with Gasteiger partial charge in [-0.05, 0) is 47.1 Å². The van der Waals surface area contributed by atoms with E-state index in [1.165, 1.54) is 0 Å². The molecule has 0 radical (unpaired) electrons. The Morgan fingerprint density at radius 1 is 0.703 bits per heavy atom. The molecule has 0 aliphatic carbocycles. The lowest BCUT2D eigenvalue weighted by Gasteiger charge is -2.27. The van der Waals surface area contributed by atoms with Crippen LogP contribution in [0.5, 0.6) is 0 Å². The molecule has 0 fully saturated rings. The average Bonchev–Trinajstić information content (AvgIpc) is 2.79. The number of benzene rings is 1. The highest BCUT2D eigenvalue weighted by Crippen LogP contribution is 2.10. The highest BCUT2D eigenvalue weighted by Gasteiger charge is 2.22. The smallest absolute Gasteiger partial charge is 0.410 e. The van der Waals surface area contributed by atoms with E-state index < -0.39 is 23.4 Å². The summed E-state index contributed by atoms with van der Waals surface area (Å²) in [5.41, 5.74) is -0.0140. The number of nitrogens with one attached hydrogen (secondary N) is 1. The van der Waals surface area contributed by atoms with Crippen LogP contribution in [0.15, 0.2) is 30.3 Å². The first kappa shape index (κ1) is 32.6. The molecule has 0 aliphatic heterocycles. The molecule has 0 aliphatic rings. The first-order valence-corrected chi connectivity index (χ1v) is 12.8. The molecule has 1 aromatic rings. The molecule has 0 spiro atoms. The second-order valence-corrected chi connectivity index (χ2v) is 10.3. The summed E-state index contributed by atoms with van der Waals surface area (Å²) in [7, 11) is 0. The van der Waals surface area contributed by atoms with Crippen LogP contribution >= 0.6 is 0 Å². The first-order chi connectivity index (χ1) is 17.5. The molecular weight excluding hydrogens is 480 g/mol. The number of rotatable bonds is 17. The lowest BCUT2D eigenvalue weighted by molar-refractivity contribution is -0.00163. The van der Waals surface area contributed by atoms with Crippen molar-refractivity contribution in [2.45, 2.75) is 59.4 Å². The van der Waals surface area contributed by atoms with Crippen molar-refractivity contribution in [2.75, 3.05) is 65.9 Å². The Morgan fingerprint density at radius 2 is 1.22 bits per heavy atom. The lowest BCUT2D eigenvalue weighted by Crippen LogP contribution is -2.40. The maximum atomic E-state index is 12.6. The van der Waals surface area contributed by atoms with E-state index in [0.717, 1.165) is 5.56 Å². The Hall–Kier alpha value is -2.40. The fraction of sp³-hybridized carbons (Fsp3) is 0.704. The van der Waals surface area contributed by atoms with Gasteiger partial charge >= 0.3 is 12.2 Å². The van der Waals surface area contributed by atoms with Gasteiger partial charge in [-0.25, -0.2) is 9.59 Å². The van der Waals surface area contributed by atoms with Crippen molar-refractivity contribution >= 4 is 12.2 Å². The number of alkyl carbamates (subject to hydrolysis) is 1. The molecule has 2 amide bonds. The van der Waals surface area contributed by atoms with Crippen LogP contribution in [0.2, 0.25) is 0 Å². The summed E-state index contributed by atoms with van der Waals surface area (Å²) in [6, 6.07) is 9.94. The number of carbonyl (C=O) groups excluding carboxylic acids is 2. The Labute approximate surface area is 221 Å². The van der Waals surface area contributed by atoms with E-state index in [0.29, 0.717) is 72.5 Å². The number of hydrogen-bond acceptors (Lipinski definition) is 8. The van der Waals surface area contributed by atoms with Gasteiger partial charge in [-0.2, -0.15) is 0 Å². The summed E-state index contributed by atoms with van der Waals surface area (Å²) in [6.45, 7) is 15.2. The molecule has 0 heterocycles. The van der Waals surface area contributed by atoms with E-state index in [1.54, 1.807) is 25.7 Å². The van der Waals surface area contributed by atoms with Gasteiger partial charge in [-0.15, -0.1) is 0 Å². The minimum atomic E-state index is -0.594. The third-order valence-electron chi connectivity index (χ3n) is 4.43. The predicted octanol–water partition coefficient (Wildman–Crippen LogP) is 4.01. The van der Waals surface area contributed by atoms with E-state index in [9.17, 15) is 9.59 Å². The SMILES string of the molecule is CC(C)(C)OC(=O)NCCOCCOCCN(CCOCCOCc1ccccc1)C(=O)OC(C)(C)C. The van der Waals surface area contributed by atoms with Gasteiger partial charge in [-0.3, -0.25) is 0 Å². The summed E-state index contributed by atoms with van der Waals surface area (Å²) in [5, 5.41) is 2.63. The zero-order valence-corrected chi connectivity index (χ0v) is 23.4. The molecule has 212 valence electrons. The molecule has 10 nitrogen and oxygen atoms in total. The van der Waals surface area contributed by atoms with E-state index >= 15 is 0 Å². The van der Waals surface area contributed by atoms with Gasteiger partial charge in [0.2, 0.25) is 0 Å². The average molecular weight is 527 g/mol. The molecule has 1 rings (SSSR count). The largest absolute Gasteiger partial charge is 0.444 e. The summed E-state index contributed by atoms with van der Waals surface area (Å²) < 4.78 is 32.9. The molecule has 0 aromatic heterocycles. The van der Waals surface area contributed by atoms with Crippen molar-refractivity contribution in [1.29, 1.82) is 0 Å². The molecule has 0 saturated carbocycles. The zero-order valence-electron chi connectivity index (χ0n) is 23.4. The third-order valence-corrected chi connectivity index (χ3v) is 4.43. The van der Waals surface area contributed by atoms with Crippen molar-refractivity contribution in [3.8, 4) is 0 Å². The van der Waals surface area contributed by atoms with Crippen molar-refractivity contribution in [3.63, 3.8) is 0 Å². The fourth-order valence-electron chi connectivity index (χ4n) is 2.82. The van der Waals surface area contributed by atoms with Gasteiger partial charge in [-0.1, -0.05) is 30.3 Å². The van der Waals surface area contributed by atoms with E-state index in [1.807, 2.05) is 51.1 Å². The summed E-state index contributed by atoms with van der Waals surface area (Å²) >= 11 is 0. The topological polar surface area (TPSA) is 105 Å². The van der Waals surface area contributed by atoms with Gasteiger partial charge in [0.05, 0.1) is 52.9 Å². The number of amides is 2. The minimum absolute atomic E-state index is 0.332. The summed E-state index contributed by atoms with van der Waals surface area (Å²) in [6.07, 6.45) is -0.886. The van der Waals surface area contributed by atoms with Gasteiger partial charge in [0.15, 0.2) is 0 Å². The third kappa shape index (κ3) is 19.4. The van der Waals surface area contributed by atoms with Crippen molar-refractivity contribution in [2.24, 2.45) is 0 Å². The van der Waals surface area contributed by atoms with Crippen LogP contribution in [-0.4, -0.2) is 94.2 Å². The maximum absolute atomic E-state index is 12.6. The van der Waals surface area contributed by atoms with Crippen molar-refractivity contribution in [3.05, 3.63) is 35.9 Å². The molecule has 10 heteroatoms. The van der Waals surface area contributed by atoms with Crippen LogP contribution in [0.4, 0.5) is 9.59 Å². The lowest BCUT2D eigenvalue weighted by atomic mass is 10.2. The molecule has 0 atom stereocenters. The number of ether oxygens (including phenoxy) is 6. The Bertz CT molecular complexity index is 747. The Kier molecular flexibility index (Phi) is 15.8. The van der Waals surface area contributed by atoms with Crippen LogP contribution < -0.4 is 5.32 Å². The van der Waals surface area contributed by atoms with Crippen molar-refractivity contribution < 1.29 is 38.0 Å². The Morgan fingerprint density at radius 3 is 1.76 bits per heavy atom. The predicted molar refractivity (Wildman–Crippen MR) is 141 cm³/mol. The highest BCUT2D eigenvalue weighted by molar-refractivity contribution is 5.68. The molecular formula is C27H46N2O8. The number of hydrogen-bond donors (Lipinski definition) is 1. The standard InChI is InChI=1S/C27H46N2O8/c1-26(2,3)36-24(30)28-12-15-32-18-19-33-16-13-29(25(31)37-27(4,5)6)14-17-34-20-21-35-22-23-10-8-7-9-11-23/h7-11H,12-22H2,1-6H3,(H,28,30). The van der Waals surface area contributed by atoms with Crippen LogP contribution in [0.25, 0.3) is 0 Å². The van der Waals surface area contributed by atoms with Crippen molar-refractivity contribution in [1.82, 2.24) is 10.2 Å². The monoisotopic (exact) mass is 526 g/mol. The van der Waals surface area contributed by atoms with Gasteiger partial charge in [0.25, 0.3) is 0 Å². The zero-order chi connectivity index (χ0) is 27.6. The molecule has 0 bridgehead atoms. The number of nitrogens with zero attached hydrogens (tertiary/aromatic N) is 1. The van der Waals surface area contributed by atoms with Crippen LogP contribution in [0, 0.1) is 0 Å². The van der Waals surface area contributed by atoms with Crippen LogP contribution in [-0.2, 0) is 35.0 Å². The molecule has 1 aromatic carbocycles. The number of carbonyl (C=O) groups is 2. The molecule has 0 unspecified atom stereocenters. The summed E-state index contributed by atoms with van der Waals surface area (Å²) in [5.74, 6) is 0. The first-order valence-electron chi connectivity index (χ1n) is 12.8. The van der Waals surface area contributed by atoms with E-state index in [-0.39, 0.29) is 0 Å². The van der Waals surface area contributed by atoms with Gasteiger partial charge in [0.1, 0.15) is 11.2 Å². The molecule has 1 N–H and O–H groups in total. The van der Waals surface area contributed by atoms with E-state index in [4.69, 9.17) is 28.4 Å². The van der Waals surface area contributed by atoms with Gasteiger partial charge < -0.3 is 38.6 Å². The molecule has 0 saturated heterocycles. The quantitative estimate of drug-likeness (QED) is 0.304. The normalized spacial score (nSPS) is 11.7. The minimum Gasteiger partial charge on any atom is -0.444 e. The summed E-state index contributed by atoms with van der Waals surface area (Å²) in [4.78, 5) is 25.7. The van der Waals surface area contributed by atoms with Crippen LogP contribution in [0.1, 0.15) is 47.1 Å². The second-order valence-electron chi connectivity index (χ2n) is 10.3.